The number of nitrogens with one attached hydrogen (secondary N) is 1. The Bertz CT molecular complexity index is 201. The number of aliphatic hydroxyl groups is 1. The fourth-order valence-electron chi connectivity index (χ4n) is 2.84. The largest absolute Gasteiger partial charge is 0.390 e. The van der Waals surface area contributed by atoms with Crippen LogP contribution in [-0.2, 0) is 0 Å². The molecule has 2 heterocycles. The Morgan fingerprint density at radius 3 is 2.18 bits per heavy atom. The van der Waals surface area contributed by atoms with Crippen LogP contribution in [0.1, 0.15) is 25.7 Å². The number of hydrogen-bond acceptors (Lipinski definition) is 4. The van der Waals surface area contributed by atoms with Crippen molar-refractivity contribution in [1.82, 2.24) is 15.1 Å². The summed E-state index contributed by atoms with van der Waals surface area (Å²) in [7, 11) is 0. The summed E-state index contributed by atoms with van der Waals surface area (Å²) in [6, 6.07) is 0. The Labute approximate surface area is 105 Å². The predicted octanol–water partition coefficient (Wildman–Crippen LogP) is 0.129. The third kappa shape index (κ3) is 4.92. The molecular weight excluding hydrogens is 214 g/mol. The van der Waals surface area contributed by atoms with Crippen molar-refractivity contribution in [3.63, 3.8) is 0 Å². The van der Waals surface area contributed by atoms with E-state index < -0.39 is 0 Å². The highest BCUT2D eigenvalue weighted by Gasteiger charge is 2.15. The maximum atomic E-state index is 9.88. The van der Waals surface area contributed by atoms with E-state index in [4.69, 9.17) is 0 Å². The molecule has 2 rings (SSSR count). The van der Waals surface area contributed by atoms with Gasteiger partial charge in [0.1, 0.15) is 0 Å². The van der Waals surface area contributed by atoms with Crippen LogP contribution in [0.15, 0.2) is 0 Å². The number of hydrogen-bond donors (Lipinski definition) is 2. The molecule has 0 spiro atoms. The van der Waals surface area contributed by atoms with E-state index in [1.807, 2.05) is 0 Å². The minimum atomic E-state index is -0.202. The zero-order chi connectivity index (χ0) is 11.9. The molecule has 1 atom stereocenters. The number of aliphatic hydroxyl groups excluding tert-OH is 1. The van der Waals surface area contributed by atoms with E-state index in [0.29, 0.717) is 0 Å². The first kappa shape index (κ1) is 13.3. The summed E-state index contributed by atoms with van der Waals surface area (Å²) in [5.41, 5.74) is 0. The molecule has 0 saturated carbocycles. The maximum Gasteiger partial charge on any atom is 0.0791 e. The summed E-state index contributed by atoms with van der Waals surface area (Å²) in [4.78, 5) is 4.87. The summed E-state index contributed by atoms with van der Waals surface area (Å²) in [5, 5.41) is 13.3. The molecule has 0 aliphatic carbocycles. The third-order valence-electron chi connectivity index (χ3n) is 3.85. The van der Waals surface area contributed by atoms with E-state index in [-0.39, 0.29) is 6.10 Å². The number of β-amino-alcohol motifs (C(OH)–C–C–N with tert-alkyl or cyclic N) is 1. The van der Waals surface area contributed by atoms with Crippen LogP contribution in [0.3, 0.4) is 0 Å². The second-order valence-corrected chi connectivity index (χ2v) is 5.41. The highest BCUT2D eigenvalue weighted by atomic mass is 16.3. The Hall–Kier alpha value is -0.160. The molecule has 2 N–H and O–H groups in total. The molecule has 2 aliphatic heterocycles. The van der Waals surface area contributed by atoms with Gasteiger partial charge in [0.2, 0.25) is 0 Å². The van der Waals surface area contributed by atoms with E-state index in [9.17, 15) is 5.11 Å². The Morgan fingerprint density at radius 2 is 1.53 bits per heavy atom. The summed E-state index contributed by atoms with van der Waals surface area (Å²) in [5.74, 6) is 0. The van der Waals surface area contributed by atoms with Crippen molar-refractivity contribution >= 4 is 0 Å². The molecule has 4 nitrogen and oxygen atoms in total. The van der Waals surface area contributed by atoms with E-state index in [1.165, 1.54) is 51.9 Å². The van der Waals surface area contributed by atoms with Crippen molar-refractivity contribution in [3.05, 3.63) is 0 Å². The van der Waals surface area contributed by atoms with Crippen LogP contribution in [0.25, 0.3) is 0 Å². The van der Waals surface area contributed by atoms with Crippen LogP contribution in [0, 0.1) is 0 Å². The van der Waals surface area contributed by atoms with Crippen LogP contribution >= 0.6 is 0 Å². The molecule has 0 aromatic heterocycles. The number of likely N-dealkylation sites (tertiary alicyclic amines) is 2. The summed E-state index contributed by atoms with van der Waals surface area (Å²) < 4.78 is 0. The molecule has 100 valence electrons. The van der Waals surface area contributed by atoms with Gasteiger partial charge in [-0.2, -0.15) is 0 Å². The van der Waals surface area contributed by atoms with Gasteiger partial charge in [0.05, 0.1) is 6.10 Å². The lowest BCUT2D eigenvalue weighted by atomic mass is 10.3. The molecule has 0 aromatic rings. The zero-order valence-electron chi connectivity index (χ0n) is 10.9. The Kier molecular flexibility index (Phi) is 5.71. The zero-order valence-corrected chi connectivity index (χ0v) is 10.9. The molecule has 2 saturated heterocycles. The highest BCUT2D eigenvalue weighted by Crippen LogP contribution is 2.07. The minimum absolute atomic E-state index is 0.202. The molecule has 2 aliphatic rings. The van der Waals surface area contributed by atoms with Gasteiger partial charge in [0.25, 0.3) is 0 Å². The third-order valence-corrected chi connectivity index (χ3v) is 3.85. The number of rotatable bonds is 7. The first-order chi connectivity index (χ1) is 8.34. The van der Waals surface area contributed by atoms with Crippen molar-refractivity contribution in [2.75, 3.05) is 52.4 Å². The van der Waals surface area contributed by atoms with Gasteiger partial charge in [0, 0.05) is 26.2 Å². The van der Waals surface area contributed by atoms with Gasteiger partial charge in [0.15, 0.2) is 0 Å². The van der Waals surface area contributed by atoms with Crippen molar-refractivity contribution in [2.45, 2.75) is 31.8 Å². The lowest BCUT2D eigenvalue weighted by Crippen LogP contribution is -2.39. The lowest BCUT2D eigenvalue weighted by molar-refractivity contribution is 0.123. The van der Waals surface area contributed by atoms with Crippen LogP contribution in [0.4, 0.5) is 0 Å². The van der Waals surface area contributed by atoms with Crippen molar-refractivity contribution in [3.8, 4) is 0 Å². The van der Waals surface area contributed by atoms with Crippen LogP contribution in [-0.4, -0.2) is 73.4 Å². The molecule has 2 fully saturated rings. The molecule has 4 heteroatoms. The van der Waals surface area contributed by atoms with E-state index >= 15 is 0 Å². The Balaban J connectivity index is 1.46. The second-order valence-electron chi connectivity index (χ2n) is 5.41. The van der Waals surface area contributed by atoms with E-state index in [2.05, 4.69) is 15.1 Å². The second kappa shape index (κ2) is 7.31. The van der Waals surface area contributed by atoms with Gasteiger partial charge in [-0.1, -0.05) is 0 Å². The number of nitrogens with zero attached hydrogens (tertiary/aromatic N) is 2. The minimum Gasteiger partial charge on any atom is -0.390 e. The topological polar surface area (TPSA) is 38.7 Å². The summed E-state index contributed by atoms with van der Waals surface area (Å²) >= 11 is 0. The van der Waals surface area contributed by atoms with Crippen LogP contribution < -0.4 is 5.32 Å². The van der Waals surface area contributed by atoms with E-state index in [0.717, 1.165) is 26.2 Å². The van der Waals surface area contributed by atoms with Gasteiger partial charge < -0.3 is 20.2 Å². The fourth-order valence-corrected chi connectivity index (χ4v) is 2.84. The molecule has 0 bridgehead atoms. The normalized spacial score (nSPS) is 24.5. The molecule has 0 aromatic carbocycles. The van der Waals surface area contributed by atoms with Gasteiger partial charge >= 0.3 is 0 Å². The molecule has 0 radical (unpaired) electrons. The average molecular weight is 241 g/mol. The lowest BCUT2D eigenvalue weighted by Gasteiger charge is -2.20. The monoisotopic (exact) mass is 241 g/mol. The van der Waals surface area contributed by atoms with Crippen molar-refractivity contribution in [1.29, 1.82) is 0 Å². The molecule has 0 amide bonds. The van der Waals surface area contributed by atoms with Crippen molar-refractivity contribution in [2.24, 2.45) is 0 Å². The average Bonchev–Trinajstić information content (AvgIpc) is 2.96. The SMILES string of the molecule is OC(CNCCN1CCCC1)CN1CCCC1. The van der Waals surface area contributed by atoms with Gasteiger partial charge in [-0.05, 0) is 51.9 Å². The fraction of sp³-hybridized carbons (Fsp3) is 1.00. The summed E-state index contributed by atoms with van der Waals surface area (Å²) in [6.45, 7) is 8.60. The predicted molar refractivity (Wildman–Crippen MR) is 70.2 cm³/mol. The standard InChI is InChI=1S/C13H27N3O/c17-13(12-16-8-3-4-9-16)11-14-5-10-15-6-1-2-7-15/h13-14,17H,1-12H2. The van der Waals surface area contributed by atoms with Crippen LogP contribution in [0.5, 0.6) is 0 Å². The van der Waals surface area contributed by atoms with Gasteiger partial charge in [-0.3, -0.25) is 0 Å². The van der Waals surface area contributed by atoms with Gasteiger partial charge in [-0.15, -0.1) is 0 Å². The quantitative estimate of drug-likeness (QED) is 0.622. The van der Waals surface area contributed by atoms with Crippen LogP contribution in [0.2, 0.25) is 0 Å². The Morgan fingerprint density at radius 1 is 0.941 bits per heavy atom. The first-order valence-electron chi connectivity index (χ1n) is 7.18. The molecule has 1 unspecified atom stereocenters. The van der Waals surface area contributed by atoms with E-state index in [1.54, 1.807) is 0 Å². The maximum absolute atomic E-state index is 9.88. The highest BCUT2D eigenvalue weighted by molar-refractivity contribution is 4.72. The first-order valence-corrected chi connectivity index (χ1v) is 7.18. The van der Waals surface area contributed by atoms with Gasteiger partial charge in [-0.25, -0.2) is 0 Å². The molecule has 17 heavy (non-hydrogen) atoms. The summed E-state index contributed by atoms with van der Waals surface area (Å²) in [6.07, 6.45) is 5.12. The smallest absolute Gasteiger partial charge is 0.0791 e. The van der Waals surface area contributed by atoms with Crippen molar-refractivity contribution < 1.29 is 5.11 Å². The molecular formula is C13H27N3O.